The van der Waals surface area contributed by atoms with Crippen molar-refractivity contribution in [2.45, 2.75) is 57.1 Å². The molecule has 2 aliphatic rings. The molecule has 0 bridgehead atoms. The summed E-state index contributed by atoms with van der Waals surface area (Å²) < 4.78 is 20.0. The maximum Gasteiger partial charge on any atom is 0.338 e. The van der Waals surface area contributed by atoms with Crippen LogP contribution < -0.4 is 5.32 Å². The molecule has 0 radical (unpaired) electrons. The van der Waals surface area contributed by atoms with E-state index in [-0.39, 0.29) is 13.0 Å². The van der Waals surface area contributed by atoms with Crippen molar-refractivity contribution in [3.8, 4) is 0 Å². The Hall–Kier alpha value is -4.57. The van der Waals surface area contributed by atoms with E-state index in [0.29, 0.717) is 34.2 Å². The number of fused-ring (bicyclic) bond motifs is 1. The SMILES string of the molecule is C=C[C@]1(COC(=O)c2ccc(C)cc2)O[C@@H](n2cnc3c(NC4CC4)ncnc32)C[C@@H]1OC(=O)c1ccc(C)cc1. The van der Waals surface area contributed by atoms with E-state index in [1.165, 1.54) is 12.4 Å². The number of carbonyl (C=O) groups is 2. The highest BCUT2D eigenvalue weighted by Crippen LogP contribution is 2.42. The monoisotopic (exact) mass is 553 g/mol. The van der Waals surface area contributed by atoms with Crippen LogP contribution in [-0.4, -0.2) is 55.8 Å². The highest BCUT2D eigenvalue weighted by Gasteiger charge is 2.51. The molecule has 1 aliphatic heterocycles. The molecule has 10 nitrogen and oxygen atoms in total. The molecular formula is C31H31N5O5. The number of hydrogen-bond acceptors (Lipinski definition) is 9. The summed E-state index contributed by atoms with van der Waals surface area (Å²) in [5, 5.41) is 3.39. The number of imidazole rings is 1. The summed E-state index contributed by atoms with van der Waals surface area (Å²) in [5.74, 6) is -0.360. The molecule has 1 saturated carbocycles. The average Bonchev–Trinajstić information content (AvgIpc) is 3.57. The number of benzene rings is 2. The topological polar surface area (TPSA) is 117 Å². The average molecular weight is 554 g/mol. The Labute approximate surface area is 237 Å². The van der Waals surface area contributed by atoms with Gasteiger partial charge in [0, 0.05) is 12.5 Å². The number of hydrogen-bond donors (Lipinski definition) is 1. The number of nitrogens with zero attached hydrogens (tertiary/aromatic N) is 4. The summed E-state index contributed by atoms with van der Waals surface area (Å²) >= 11 is 0. The van der Waals surface area contributed by atoms with Crippen LogP contribution in [-0.2, 0) is 14.2 Å². The Morgan fingerprint density at radius 1 is 1.02 bits per heavy atom. The van der Waals surface area contributed by atoms with Crippen molar-refractivity contribution in [1.29, 1.82) is 0 Å². The van der Waals surface area contributed by atoms with Gasteiger partial charge in [0.25, 0.3) is 0 Å². The number of carbonyl (C=O) groups excluding carboxylic acids is 2. The van der Waals surface area contributed by atoms with Crippen molar-refractivity contribution in [3.05, 3.63) is 96.1 Å². The number of anilines is 1. The molecule has 2 aromatic heterocycles. The minimum atomic E-state index is -1.32. The van der Waals surface area contributed by atoms with E-state index in [1.54, 1.807) is 35.2 Å². The van der Waals surface area contributed by atoms with Crippen LogP contribution in [0.2, 0.25) is 0 Å². The summed E-state index contributed by atoms with van der Waals surface area (Å²) in [6.07, 6.45) is 5.66. The Kier molecular flexibility index (Phi) is 7.00. The van der Waals surface area contributed by atoms with Gasteiger partial charge in [0.05, 0.1) is 17.5 Å². The Morgan fingerprint density at radius 2 is 1.68 bits per heavy atom. The maximum absolute atomic E-state index is 13.2. The van der Waals surface area contributed by atoms with Gasteiger partial charge in [-0.25, -0.2) is 24.5 Å². The van der Waals surface area contributed by atoms with E-state index in [4.69, 9.17) is 14.2 Å². The number of ether oxygens (including phenoxy) is 3. The fourth-order valence-electron chi connectivity index (χ4n) is 4.87. The van der Waals surface area contributed by atoms with Gasteiger partial charge >= 0.3 is 11.9 Å². The molecule has 2 aromatic carbocycles. The fraction of sp³-hybridized carbons (Fsp3) is 0.323. The first kappa shape index (κ1) is 26.6. The third-order valence-corrected chi connectivity index (χ3v) is 7.50. The van der Waals surface area contributed by atoms with Gasteiger partial charge in [-0.15, -0.1) is 0 Å². The van der Waals surface area contributed by atoms with Gasteiger partial charge in [-0.2, -0.15) is 0 Å². The minimum absolute atomic E-state index is 0.207. The predicted molar refractivity (Wildman–Crippen MR) is 151 cm³/mol. The van der Waals surface area contributed by atoms with Crippen molar-refractivity contribution in [3.63, 3.8) is 0 Å². The van der Waals surface area contributed by atoms with E-state index in [1.807, 2.05) is 38.1 Å². The van der Waals surface area contributed by atoms with Gasteiger partial charge in [-0.1, -0.05) is 48.0 Å². The zero-order valence-corrected chi connectivity index (χ0v) is 22.9. The van der Waals surface area contributed by atoms with Crippen LogP contribution in [0.5, 0.6) is 0 Å². The second-order valence-electron chi connectivity index (χ2n) is 10.6. The molecule has 4 aromatic rings. The van der Waals surface area contributed by atoms with E-state index in [2.05, 4.69) is 26.8 Å². The lowest BCUT2D eigenvalue weighted by molar-refractivity contribution is -0.102. The third-order valence-electron chi connectivity index (χ3n) is 7.50. The summed E-state index contributed by atoms with van der Waals surface area (Å²) in [6.45, 7) is 7.66. The highest BCUT2D eigenvalue weighted by atomic mass is 16.6. The van der Waals surface area contributed by atoms with Gasteiger partial charge in [0.15, 0.2) is 22.6 Å². The van der Waals surface area contributed by atoms with E-state index < -0.39 is 29.9 Å². The lowest BCUT2D eigenvalue weighted by Gasteiger charge is -2.30. The Morgan fingerprint density at radius 3 is 2.32 bits per heavy atom. The Bertz CT molecular complexity index is 1600. The van der Waals surface area contributed by atoms with E-state index in [9.17, 15) is 9.59 Å². The molecule has 0 unspecified atom stereocenters. The van der Waals surface area contributed by atoms with Gasteiger partial charge in [0.1, 0.15) is 25.3 Å². The molecule has 1 saturated heterocycles. The molecule has 2 fully saturated rings. The quantitative estimate of drug-likeness (QED) is 0.227. The van der Waals surface area contributed by atoms with Gasteiger partial charge in [0.2, 0.25) is 0 Å². The van der Waals surface area contributed by atoms with Crippen molar-refractivity contribution in [2.75, 3.05) is 11.9 Å². The van der Waals surface area contributed by atoms with Crippen LogP contribution in [0, 0.1) is 13.8 Å². The lowest BCUT2D eigenvalue weighted by atomic mass is 9.97. The van der Waals surface area contributed by atoms with Crippen LogP contribution in [0.25, 0.3) is 11.2 Å². The molecule has 10 heteroatoms. The fourth-order valence-corrected chi connectivity index (χ4v) is 4.87. The van der Waals surface area contributed by atoms with Gasteiger partial charge in [-0.05, 0) is 51.0 Å². The number of rotatable bonds is 9. The second-order valence-corrected chi connectivity index (χ2v) is 10.6. The van der Waals surface area contributed by atoms with Crippen LogP contribution in [0.3, 0.4) is 0 Å². The first-order chi connectivity index (χ1) is 19.8. The van der Waals surface area contributed by atoms with Crippen LogP contribution >= 0.6 is 0 Å². The first-order valence-corrected chi connectivity index (χ1v) is 13.6. The summed E-state index contributed by atoms with van der Waals surface area (Å²) in [5.41, 5.74) is 2.76. The van der Waals surface area contributed by atoms with E-state index in [0.717, 1.165) is 24.0 Å². The zero-order chi connectivity index (χ0) is 28.6. The number of aryl methyl sites for hydroxylation is 2. The van der Waals surface area contributed by atoms with Gasteiger partial charge < -0.3 is 19.5 Å². The van der Waals surface area contributed by atoms with Crippen molar-refractivity contribution in [1.82, 2.24) is 19.5 Å². The summed E-state index contributed by atoms with van der Waals surface area (Å²) in [4.78, 5) is 39.5. The smallest absolute Gasteiger partial charge is 0.338 e. The standard InChI is InChI=1S/C31H31N5O5/c1-4-31(16-39-29(37)21-9-5-19(2)6-10-21)24(40-30(38)22-11-7-20(3)8-12-22)15-25(41-31)36-18-34-26-27(35-23-13-14-23)32-17-33-28(26)36/h4-12,17-18,23-25H,1,13-16H2,2-3H3,(H,32,33,35)/t24-,25+,31+/m0/s1. The largest absolute Gasteiger partial charge is 0.459 e. The molecule has 6 rings (SSSR count). The Balaban J connectivity index is 1.29. The van der Waals surface area contributed by atoms with Crippen LogP contribution in [0.4, 0.5) is 5.82 Å². The third kappa shape index (κ3) is 5.43. The lowest BCUT2D eigenvalue weighted by Crippen LogP contribution is -2.45. The van der Waals surface area contributed by atoms with E-state index >= 15 is 0 Å². The zero-order valence-electron chi connectivity index (χ0n) is 22.9. The first-order valence-electron chi connectivity index (χ1n) is 13.6. The maximum atomic E-state index is 13.2. The molecule has 1 aliphatic carbocycles. The molecular weight excluding hydrogens is 522 g/mol. The molecule has 0 spiro atoms. The number of esters is 2. The molecule has 3 heterocycles. The summed E-state index contributed by atoms with van der Waals surface area (Å²) in [7, 11) is 0. The van der Waals surface area contributed by atoms with Gasteiger partial charge in [-0.3, -0.25) is 4.57 Å². The minimum Gasteiger partial charge on any atom is -0.459 e. The number of nitrogens with one attached hydrogen (secondary N) is 1. The van der Waals surface area contributed by atoms with Crippen molar-refractivity contribution < 1.29 is 23.8 Å². The van der Waals surface area contributed by atoms with Crippen LogP contribution in [0.1, 0.15) is 57.3 Å². The normalized spacial score (nSPS) is 21.9. The molecule has 210 valence electrons. The van der Waals surface area contributed by atoms with Crippen LogP contribution in [0.15, 0.2) is 73.8 Å². The number of aromatic nitrogens is 4. The molecule has 1 N–H and O–H groups in total. The predicted octanol–water partition coefficient (Wildman–Crippen LogP) is 4.94. The van der Waals surface area contributed by atoms with Crippen molar-refractivity contribution >= 4 is 28.9 Å². The molecule has 0 amide bonds. The molecule has 3 atom stereocenters. The second kappa shape index (κ2) is 10.8. The molecule has 41 heavy (non-hydrogen) atoms. The van der Waals surface area contributed by atoms with Crippen molar-refractivity contribution in [2.24, 2.45) is 0 Å². The highest BCUT2D eigenvalue weighted by molar-refractivity contribution is 5.90. The summed E-state index contributed by atoms with van der Waals surface area (Å²) in [6, 6.07) is 14.6.